The van der Waals surface area contributed by atoms with Crippen molar-refractivity contribution in [2.45, 2.75) is 30.6 Å². The number of hydrogen-bond donors (Lipinski definition) is 1. The fraction of sp³-hybridized carbons (Fsp3) is 0.250. The van der Waals surface area contributed by atoms with E-state index in [0.717, 1.165) is 0 Å². The van der Waals surface area contributed by atoms with Crippen molar-refractivity contribution in [3.8, 4) is 17.2 Å². The number of fused-ring (bicyclic) bond motifs is 1. The van der Waals surface area contributed by atoms with E-state index in [9.17, 15) is 21.6 Å². The van der Waals surface area contributed by atoms with Crippen LogP contribution in [0.1, 0.15) is 16.8 Å². The van der Waals surface area contributed by atoms with E-state index in [1.807, 2.05) is 0 Å². The maximum absolute atomic E-state index is 12.9. The molecule has 8 nitrogen and oxygen atoms in total. The van der Waals surface area contributed by atoms with E-state index in [1.54, 1.807) is 49.4 Å². The van der Waals surface area contributed by atoms with E-state index in [1.165, 1.54) is 19.4 Å². The monoisotopic (exact) mass is 521 g/mol. The highest BCUT2D eigenvalue weighted by Gasteiger charge is 2.29. The molecule has 190 valence electrons. The van der Waals surface area contributed by atoms with Crippen molar-refractivity contribution >= 4 is 20.9 Å². The van der Waals surface area contributed by atoms with Gasteiger partial charge < -0.3 is 19.2 Å². The summed E-state index contributed by atoms with van der Waals surface area (Å²) >= 11 is 0. The molecule has 2 aromatic carbocycles. The van der Waals surface area contributed by atoms with E-state index in [-0.39, 0.29) is 29.0 Å². The molecule has 2 aromatic heterocycles. The number of benzene rings is 2. The van der Waals surface area contributed by atoms with Gasteiger partial charge in [-0.25, -0.2) is 13.4 Å². The summed E-state index contributed by atoms with van der Waals surface area (Å²) in [5, 5.41) is -0.128. The lowest BCUT2D eigenvalue weighted by Crippen LogP contribution is -2.20. The van der Waals surface area contributed by atoms with E-state index in [2.05, 4.69) is 15.0 Å². The Kier molecular flexibility index (Phi) is 7.07. The van der Waals surface area contributed by atoms with Gasteiger partial charge in [0.05, 0.1) is 29.6 Å². The third-order valence-corrected chi connectivity index (χ3v) is 6.76. The third kappa shape index (κ3) is 5.88. The Hall–Kier alpha value is -3.80. The second kappa shape index (κ2) is 10.1. The van der Waals surface area contributed by atoms with Crippen LogP contribution < -0.4 is 14.2 Å². The number of nitrogens with zero attached hydrogens (tertiary/aromatic N) is 2. The Morgan fingerprint density at radius 2 is 1.78 bits per heavy atom. The van der Waals surface area contributed by atoms with Crippen LogP contribution in [0.2, 0.25) is 0 Å². The highest BCUT2D eigenvalue weighted by molar-refractivity contribution is 7.90. The number of alkyl halides is 3. The van der Waals surface area contributed by atoms with Crippen LogP contribution in [-0.4, -0.2) is 43.3 Å². The van der Waals surface area contributed by atoms with Gasteiger partial charge in [0, 0.05) is 11.8 Å². The molecule has 0 radical (unpaired) electrons. The van der Waals surface area contributed by atoms with Gasteiger partial charge in [0.15, 0.2) is 18.1 Å². The second-order valence-corrected chi connectivity index (χ2v) is 9.78. The van der Waals surface area contributed by atoms with Crippen molar-refractivity contribution in [3.05, 3.63) is 71.5 Å². The van der Waals surface area contributed by atoms with E-state index in [0.29, 0.717) is 33.6 Å². The first kappa shape index (κ1) is 25.3. The summed E-state index contributed by atoms with van der Waals surface area (Å²) in [6.45, 7) is 0.104. The third-order valence-electron chi connectivity index (χ3n) is 5.26. The molecule has 36 heavy (non-hydrogen) atoms. The number of pyridine rings is 1. The van der Waals surface area contributed by atoms with E-state index >= 15 is 0 Å². The SMILES string of the molecule is COc1cc(CS(=O)(=O)c2nc3ccccc3[nH]2)ccc1OCc1nccc(OCC(F)(F)F)c1C. The van der Waals surface area contributed by atoms with Gasteiger partial charge in [-0.2, -0.15) is 13.2 Å². The van der Waals surface area contributed by atoms with Crippen LogP contribution in [-0.2, 0) is 22.2 Å². The zero-order valence-corrected chi connectivity index (χ0v) is 20.1. The first-order valence-corrected chi connectivity index (χ1v) is 12.3. The zero-order chi connectivity index (χ0) is 25.9. The second-order valence-electron chi connectivity index (χ2n) is 7.88. The minimum Gasteiger partial charge on any atom is -0.493 e. The molecule has 0 spiro atoms. The van der Waals surface area contributed by atoms with Gasteiger partial charge in [-0.05, 0) is 42.8 Å². The number of hydrogen-bond acceptors (Lipinski definition) is 7. The van der Waals surface area contributed by atoms with Gasteiger partial charge in [-0.15, -0.1) is 0 Å². The molecule has 0 atom stereocenters. The summed E-state index contributed by atoms with van der Waals surface area (Å²) in [6.07, 6.45) is -3.12. The lowest BCUT2D eigenvalue weighted by molar-refractivity contribution is -0.153. The van der Waals surface area contributed by atoms with E-state index in [4.69, 9.17) is 14.2 Å². The maximum atomic E-state index is 12.9. The Morgan fingerprint density at radius 1 is 1.00 bits per heavy atom. The predicted molar refractivity (Wildman–Crippen MR) is 125 cm³/mol. The smallest absolute Gasteiger partial charge is 0.422 e. The number of ether oxygens (including phenoxy) is 3. The van der Waals surface area contributed by atoms with E-state index < -0.39 is 22.6 Å². The van der Waals surface area contributed by atoms with Crippen molar-refractivity contribution in [1.29, 1.82) is 0 Å². The molecule has 0 aliphatic heterocycles. The molecule has 0 amide bonds. The number of rotatable bonds is 9. The first-order chi connectivity index (χ1) is 17.1. The summed E-state index contributed by atoms with van der Waals surface area (Å²) in [4.78, 5) is 11.1. The molecule has 0 saturated heterocycles. The molecule has 0 saturated carbocycles. The van der Waals surface area contributed by atoms with Gasteiger partial charge in [-0.1, -0.05) is 18.2 Å². The summed E-state index contributed by atoms with van der Waals surface area (Å²) in [7, 11) is -2.35. The average molecular weight is 522 g/mol. The molecule has 2 heterocycles. The lowest BCUT2D eigenvalue weighted by atomic mass is 10.2. The predicted octanol–water partition coefficient (Wildman–Crippen LogP) is 4.77. The number of methoxy groups -OCH3 is 1. The van der Waals surface area contributed by atoms with Crippen molar-refractivity contribution in [2.75, 3.05) is 13.7 Å². The summed E-state index contributed by atoms with van der Waals surface area (Å²) in [5.41, 5.74) is 2.42. The van der Waals surface area contributed by atoms with Crippen LogP contribution in [0.3, 0.4) is 0 Å². The number of aromatic amines is 1. The van der Waals surface area contributed by atoms with Crippen LogP contribution in [0.4, 0.5) is 13.2 Å². The highest BCUT2D eigenvalue weighted by Crippen LogP contribution is 2.31. The Bertz CT molecular complexity index is 1450. The average Bonchev–Trinajstić information content (AvgIpc) is 3.28. The van der Waals surface area contributed by atoms with Gasteiger partial charge in [-0.3, -0.25) is 4.98 Å². The minimum atomic E-state index is -4.46. The molecular formula is C24H22F3N3O5S. The molecular weight excluding hydrogens is 499 g/mol. The van der Waals surface area contributed by atoms with Crippen LogP contribution >= 0.6 is 0 Å². The number of halogens is 3. The Morgan fingerprint density at radius 3 is 2.50 bits per heavy atom. The lowest BCUT2D eigenvalue weighted by Gasteiger charge is -2.15. The molecule has 4 rings (SSSR count). The standard InChI is InChI=1S/C24H22F3N3O5S/c1-15-19(28-10-9-20(15)35-14-24(25,26)27)12-34-21-8-7-16(11-22(21)33-2)13-36(31,32)23-29-17-5-3-4-6-18(17)30-23/h3-11H,12-14H2,1-2H3,(H,29,30). The molecule has 12 heteroatoms. The number of nitrogens with one attached hydrogen (secondary N) is 1. The molecule has 0 bridgehead atoms. The van der Waals surface area contributed by atoms with Crippen LogP contribution in [0, 0.1) is 6.92 Å². The molecule has 1 N–H and O–H groups in total. The van der Waals surface area contributed by atoms with Gasteiger partial charge in [0.25, 0.3) is 0 Å². The topological polar surface area (TPSA) is 103 Å². The number of aromatic nitrogens is 3. The minimum absolute atomic E-state index is 0.0547. The quantitative estimate of drug-likeness (QED) is 0.338. The fourth-order valence-corrected chi connectivity index (χ4v) is 4.71. The summed E-state index contributed by atoms with van der Waals surface area (Å²) < 4.78 is 79.2. The summed E-state index contributed by atoms with van der Waals surface area (Å²) in [6, 6.07) is 13.0. The van der Waals surface area contributed by atoms with Crippen LogP contribution in [0.25, 0.3) is 11.0 Å². The number of imidazole rings is 1. The van der Waals surface area contributed by atoms with Gasteiger partial charge >= 0.3 is 6.18 Å². The van der Waals surface area contributed by atoms with Crippen molar-refractivity contribution < 1.29 is 35.8 Å². The normalized spacial score (nSPS) is 12.0. The van der Waals surface area contributed by atoms with Gasteiger partial charge in [0.1, 0.15) is 12.4 Å². The molecule has 0 aliphatic rings. The van der Waals surface area contributed by atoms with Gasteiger partial charge in [0.2, 0.25) is 15.0 Å². The first-order valence-electron chi connectivity index (χ1n) is 10.7. The highest BCUT2D eigenvalue weighted by atomic mass is 32.2. The largest absolute Gasteiger partial charge is 0.493 e. The Balaban J connectivity index is 1.48. The molecule has 0 fully saturated rings. The Labute approximate surface area is 205 Å². The van der Waals surface area contributed by atoms with Crippen molar-refractivity contribution in [1.82, 2.24) is 15.0 Å². The van der Waals surface area contributed by atoms with Crippen molar-refractivity contribution in [2.24, 2.45) is 0 Å². The fourth-order valence-electron chi connectivity index (χ4n) is 3.45. The number of sulfone groups is 1. The van der Waals surface area contributed by atoms with Crippen LogP contribution in [0.15, 0.2) is 59.9 Å². The summed E-state index contributed by atoms with van der Waals surface area (Å²) in [5.74, 6) is 0.335. The van der Waals surface area contributed by atoms with Crippen LogP contribution in [0.5, 0.6) is 17.2 Å². The molecule has 0 unspecified atom stereocenters. The number of H-pyrrole nitrogens is 1. The zero-order valence-electron chi connectivity index (χ0n) is 19.3. The number of para-hydroxylation sites is 2. The molecule has 0 aliphatic carbocycles. The molecule has 4 aromatic rings. The van der Waals surface area contributed by atoms with Crippen molar-refractivity contribution in [3.63, 3.8) is 0 Å². The maximum Gasteiger partial charge on any atom is 0.422 e.